The van der Waals surface area contributed by atoms with Crippen LogP contribution in [0, 0.1) is 6.92 Å². The van der Waals surface area contributed by atoms with Gasteiger partial charge in [-0.3, -0.25) is 9.59 Å². The molecule has 0 aliphatic rings. The van der Waals surface area contributed by atoms with Gasteiger partial charge in [0.05, 0.1) is 12.8 Å². The van der Waals surface area contributed by atoms with Crippen LogP contribution in [0.2, 0.25) is 0 Å². The first-order chi connectivity index (χ1) is 13.6. The van der Waals surface area contributed by atoms with E-state index >= 15 is 0 Å². The molecule has 0 aliphatic carbocycles. The number of anilines is 1. The van der Waals surface area contributed by atoms with E-state index in [1.807, 2.05) is 37.3 Å². The van der Waals surface area contributed by atoms with Gasteiger partial charge in [0.15, 0.2) is 12.4 Å². The monoisotopic (exact) mass is 375 g/mol. The molecule has 0 atom stereocenters. The summed E-state index contributed by atoms with van der Waals surface area (Å²) in [7, 11) is 1.55. The van der Waals surface area contributed by atoms with E-state index in [1.54, 1.807) is 49.6 Å². The predicted octanol–water partition coefficient (Wildman–Crippen LogP) is 4.25. The van der Waals surface area contributed by atoms with Crippen LogP contribution in [0.1, 0.15) is 21.5 Å². The molecule has 0 saturated carbocycles. The van der Waals surface area contributed by atoms with Crippen LogP contribution in [0.5, 0.6) is 11.5 Å². The number of hydrogen-bond donors (Lipinski definition) is 1. The highest BCUT2D eigenvalue weighted by atomic mass is 16.5. The van der Waals surface area contributed by atoms with Gasteiger partial charge in [0.2, 0.25) is 0 Å². The maximum Gasteiger partial charge on any atom is 0.262 e. The Bertz CT molecular complexity index is 966. The number of amides is 1. The van der Waals surface area contributed by atoms with Crippen molar-refractivity contribution in [2.24, 2.45) is 0 Å². The molecule has 3 aromatic carbocycles. The Morgan fingerprint density at radius 3 is 2.25 bits per heavy atom. The number of aryl methyl sites for hydroxylation is 1. The summed E-state index contributed by atoms with van der Waals surface area (Å²) in [6.07, 6.45) is 0. The lowest BCUT2D eigenvalue weighted by Gasteiger charge is -2.12. The smallest absolute Gasteiger partial charge is 0.262 e. The van der Waals surface area contributed by atoms with Gasteiger partial charge in [0.1, 0.15) is 11.5 Å². The first-order valence-electron chi connectivity index (χ1n) is 8.84. The zero-order chi connectivity index (χ0) is 19.9. The maximum atomic E-state index is 12.4. The number of carbonyl (C=O) groups excluding carboxylic acids is 2. The number of ketones is 1. The quantitative estimate of drug-likeness (QED) is 0.627. The van der Waals surface area contributed by atoms with E-state index in [-0.39, 0.29) is 18.3 Å². The molecule has 5 heteroatoms. The lowest BCUT2D eigenvalue weighted by atomic mass is 10.0. The van der Waals surface area contributed by atoms with E-state index < -0.39 is 0 Å². The highest BCUT2D eigenvalue weighted by molar-refractivity contribution is 6.09. The van der Waals surface area contributed by atoms with Gasteiger partial charge < -0.3 is 14.8 Å². The lowest BCUT2D eigenvalue weighted by molar-refractivity contribution is -0.118. The predicted molar refractivity (Wildman–Crippen MR) is 108 cm³/mol. The van der Waals surface area contributed by atoms with Crippen molar-refractivity contribution in [3.63, 3.8) is 0 Å². The summed E-state index contributed by atoms with van der Waals surface area (Å²) in [6.45, 7) is 1.78. The molecule has 0 bridgehead atoms. The molecular weight excluding hydrogens is 354 g/mol. The van der Waals surface area contributed by atoms with Crippen molar-refractivity contribution >= 4 is 17.4 Å². The third-order valence-electron chi connectivity index (χ3n) is 4.15. The minimum absolute atomic E-state index is 0.0589. The standard InChI is InChI=1S/C23H21NO4/c1-16-8-13-21(27-2)20(14-16)24-22(25)15-28-19-11-9-18(10-12-19)23(26)17-6-4-3-5-7-17/h3-14H,15H2,1-2H3,(H,24,25). The number of hydrogen-bond acceptors (Lipinski definition) is 4. The van der Waals surface area contributed by atoms with Crippen LogP contribution in [0.4, 0.5) is 5.69 Å². The molecule has 0 unspecified atom stereocenters. The summed E-state index contributed by atoms with van der Waals surface area (Å²) >= 11 is 0. The second-order valence-electron chi connectivity index (χ2n) is 6.26. The van der Waals surface area contributed by atoms with Crippen LogP contribution in [0.25, 0.3) is 0 Å². The Kier molecular flexibility index (Phi) is 6.07. The number of ether oxygens (including phenoxy) is 2. The summed E-state index contributed by atoms with van der Waals surface area (Å²) in [4.78, 5) is 24.6. The van der Waals surface area contributed by atoms with Crippen LogP contribution in [0.3, 0.4) is 0 Å². The van der Waals surface area contributed by atoms with Gasteiger partial charge in [-0.05, 0) is 48.9 Å². The van der Waals surface area contributed by atoms with E-state index in [0.717, 1.165) is 5.56 Å². The van der Waals surface area contributed by atoms with Gasteiger partial charge in [-0.2, -0.15) is 0 Å². The Hall–Kier alpha value is -3.60. The van der Waals surface area contributed by atoms with Crippen LogP contribution in [-0.2, 0) is 4.79 Å². The summed E-state index contributed by atoms with van der Waals surface area (Å²) in [6, 6.07) is 21.3. The molecule has 1 N–H and O–H groups in total. The van der Waals surface area contributed by atoms with Gasteiger partial charge in [-0.15, -0.1) is 0 Å². The van der Waals surface area contributed by atoms with Crippen LogP contribution < -0.4 is 14.8 Å². The largest absolute Gasteiger partial charge is 0.495 e. The Morgan fingerprint density at radius 1 is 0.893 bits per heavy atom. The van der Waals surface area contributed by atoms with Crippen LogP contribution in [0.15, 0.2) is 72.8 Å². The normalized spacial score (nSPS) is 10.2. The molecular formula is C23H21NO4. The molecule has 0 aromatic heterocycles. The zero-order valence-electron chi connectivity index (χ0n) is 15.8. The molecule has 0 fully saturated rings. The fourth-order valence-electron chi connectivity index (χ4n) is 2.71. The second kappa shape index (κ2) is 8.86. The number of rotatable bonds is 7. The molecule has 142 valence electrons. The molecule has 0 heterocycles. The summed E-state index contributed by atoms with van der Waals surface area (Å²) < 4.78 is 10.8. The van der Waals surface area contributed by atoms with E-state index in [9.17, 15) is 9.59 Å². The SMILES string of the molecule is COc1ccc(C)cc1NC(=O)COc1ccc(C(=O)c2ccccc2)cc1. The molecule has 1 amide bonds. The van der Waals surface area contributed by atoms with Gasteiger partial charge in [0, 0.05) is 11.1 Å². The minimum atomic E-state index is -0.298. The van der Waals surface area contributed by atoms with Gasteiger partial charge in [-0.1, -0.05) is 36.4 Å². The fourth-order valence-corrected chi connectivity index (χ4v) is 2.71. The Balaban J connectivity index is 1.58. The van der Waals surface area contributed by atoms with Crippen LogP contribution in [-0.4, -0.2) is 25.4 Å². The number of carbonyl (C=O) groups is 2. The topological polar surface area (TPSA) is 64.6 Å². The summed E-state index contributed by atoms with van der Waals surface area (Å²) in [5.74, 6) is 0.739. The first-order valence-corrected chi connectivity index (χ1v) is 8.84. The molecule has 0 saturated heterocycles. The molecule has 0 spiro atoms. The van der Waals surface area contributed by atoms with Crippen molar-refractivity contribution in [1.82, 2.24) is 0 Å². The molecule has 3 aromatic rings. The second-order valence-corrected chi connectivity index (χ2v) is 6.26. The number of methoxy groups -OCH3 is 1. The summed E-state index contributed by atoms with van der Waals surface area (Å²) in [5, 5.41) is 2.78. The van der Waals surface area contributed by atoms with Gasteiger partial charge >= 0.3 is 0 Å². The van der Waals surface area contributed by atoms with E-state index in [0.29, 0.717) is 28.3 Å². The van der Waals surface area contributed by atoms with Crippen molar-refractivity contribution in [3.8, 4) is 11.5 Å². The maximum absolute atomic E-state index is 12.4. The van der Waals surface area contributed by atoms with Crippen molar-refractivity contribution in [1.29, 1.82) is 0 Å². The van der Waals surface area contributed by atoms with E-state index in [1.165, 1.54) is 0 Å². The number of benzene rings is 3. The highest BCUT2D eigenvalue weighted by Crippen LogP contribution is 2.25. The van der Waals surface area contributed by atoms with Crippen molar-refractivity contribution in [3.05, 3.63) is 89.5 Å². The minimum Gasteiger partial charge on any atom is -0.495 e. The molecule has 3 rings (SSSR count). The number of nitrogens with one attached hydrogen (secondary N) is 1. The van der Waals surface area contributed by atoms with Crippen LogP contribution >= 0.6 is 0 Å². The van der Waals surface area contributed by atoms with E-state index in [2.05, 4.69) is 5.32 Å². The van der Waals surface area contributed by atoms with Gasteiger partial charge in [0.25, 0.3) is 5.91 Å². The van der Waals surface area contributed by atoms with Crippen molar-refractivity contribution in [2.45, 2.75) is 6.92 Å². The molecule has 0 aliphatic heterocycles. The Labute approximate surface area is 163 Å². The first kappa shape index (κ1) is 19.2. The lowest BCUT2D eigenvalue weighted by Crippen LogP contribution is -2.20. The molecule has 0 radical (unpaired) electrons. The van der Waals surface area contributed by atoms with Crippen molar-refractivity contribution < 1.29 is 19.1 Å². The zero-order valence-corrected chi connectivity index (χ0v) is 15.8. The average molecular weight is 375 g/mol. The third-order valence-corrected chi connectivity index (χ3v) is 4.15. The Morgan fingerprint density at radius 2 is 1.57 bits per heavy atom. The summed E-state index contributed by atoms with van der Waals surface area (Å²) in [5.41, 5.74) is 2.80. The third kappa shape index (κ3) is 4.76. The molecule has 5 nitrogen and oxygen atoms in total. The van der Waals surface area contributed by atoms with Crippen molar-refractivity contribution in [2.75, 3.05) is 19.0 Å². The fraction of sp³-hybridized carbons (Fsp3) is 0.130. The van der Waals surface area contributed by atoms with E-state index in [4.69, 9.17) is 9.47 Å². The average Bonchev–Trinajstić information content (AvgIpc) is 2.73. The molecule has 28 heavy (non-hydrogen) atoms. The van der Waals surface area contributed by atoms with Gasteiger partial charge in [-0.25, -0.2) is 0 Å². The highest BCUT2D eigenvalue weighted by Gasteiger charge is 2.10.